The van der Waals surface area contributed by atoms with E-state index >= 15 is 0 Å². The first-order chi connectivity index (χ1) is 15.7. The van der Waals surface area contributed by atoms with Gasteiger partial charge >= 0.3 is 0 Å². The van der Waals surface area contributed by atoms with Crippen LogP contribution in [0.15, 0.2) is 43.1 Å². The number of aryl methyl sites for hydroxylation is 1. The summed E-state index contributed by atoms with van der Waals surface area (Å²) >= 11 is 0. The summed E-state index contributed by atoms with van der Waals surface area (Å²) < 4.78 is 21.4. The molecule has 0 saturated carbocycles. The average Bonchev–Trinajstić information content (AvgIpc) is 3.52. The van der Waals surface area contributed by atoms with Gasteiger partial charge in [-0.1, -0.05) is 0 Å². The van der Waals surface area contributed by atoms with Gasteiger partial charge in [0.15, 0.2) is 11.6 Å². The van der Waals surface area contributed by atoms with Crippen molar-refractivity contribution in [3.8, 4) is 11.4 Å². The van der Waals surface area contributed by atoms with E-state index in [1.165, 1.54) is 17.1 Å². The van der Waals surface area contributed by atoms with Crippen molar-refractivity contribution in [2.75, 3.05) is 18.0 Å². The van der Waals surface area contributed by atoms with Crippen LogP contribution in [0.3, 0.4) is 0 Å². The van der Waals surface area contributed by atoms with Crippen LogP contribution in [0.2, 0.25) is 0 Å². The summed E-state index contributed by atoms with van der Waals surface area (Å²) in [5.41, 5.74) is 2.19. The fraction of sp³-hybridized carbons (Fsp3) is 0.350. The van der Waals surface area contributed by atoms with Gasteiger partial charge < -0.3 is 9.64 Å². The van der Waals surface area contributed by atoms with Gasteiger partial charge in [0, 0.05) is 31.5 Å². The molecule has 0 N–H and O–H groups in total. The van der Waals surface area contributed by atoms with Gasteiger partial charge in [0.05, 0.1) is 17.9 Å². The summed E-state index contributed by atoms with van der Waals surface area (Å²) in [6.07, 6.45) is 8.49. The van der Waals surface area contributed by atoms with Gasteiger partial charge in [-0.15, -0.1) is 5.10 Å². The van der Waals surface area contributed by atoms with E-state index in [1.54, 1.807) is 23.1 Å². The van der Waals surface area contributed by atoms with E-state index in [9.17, 15) is 4.39 Å². The second kappa shape index (κ2) is 8.65. The molecule has 0 aliphatic carbocycles. The van der Waals surface area contributed by atoms with Crippen molar-refractivity contribution >= 4 is 5.95 Å². The number of hydrogen-bond donors (Lipinski definition) is 0. The molecule has 0 atom stereocenters. The quantitative estimate of drug-likeness (QED) is 0.447. The maximum Gasteiger partial charge on any atom is 0.225 e. The summed E-state index contributed by atoms with van der Waals surface area (Å²) in [6, 6.07) is 4.72. The Morgan fingerprint density at radius 2 is 1.94 bits per heavy atom. The Labute approximate surface area is 182 Å². The normalized spacial score (nSPS) is 14.6. The highest BCUT2D eigenvalue weighted by Crippen LogP contribution is 2.24. The zero-order valence-corrected chi connectivity index (χ0v) is 17.4. The number of halogens is 1. The fourth-order valence-corrected chi connectivity index (χ4v) is 3.58. The summed E-state index contributed by atoms with van der Waals surface area (Å²) in [7, 11) is 0. The lowest BCUT2D eigenvalue weighted by atomic mass is 10.1. The summed E-state index contributed by atoms with van der Waals surface area (Å²) in [5.74, 6) is 0.378. The maximum absolute atomic E-state index is 14.4. The highest BCUT2D eigenvalue weighted by atomic mass is 19.1. The standard InChI is InChI=1S/C20H21FN10O/c1-14-9-22-20(23-10-14)29-6-4-16(5-7-29)31-25-11-15(26-31)12-32-19-3-2-17(8-18(19)21)30-13-24-27-28-30/h2-3,8-11,13,16H,4-7,12H2,1H3. The monoisotopic (exact) mass is 436 g/mol. The molecular formula is C20H21FN10O. The van der Waals surface area contributed by atoms with Crippen molar-refractivity contribution in [3.63, 3.8) is 0 Å². The highest BCUT2D eigenvalue weighted by Gasteiger charge is 2.23. The fourth-order valence-electron chi connectivity index (χ4n) is 3.58. The predicted molar refractivity (Wildman–Crippen MR) is 111 cm³/mol. The average molecular weight is 436 g/mol. The largest absolute Gasteiger partial charge is 0.484 e. The number of hydrogen-bond acceptors (Lipinski definition) is 9. The van der Waals surface area contributed by atoms with E-state index in [-0.39, 0.29) is 18.4 Å². The number of anilines is 1. The van der Waals surface area contributed by atoms with Crippen LogP contribution in [0.4, 0.5) is 10.3 Å². The van der Waals surface area contributed by atoms with Crippen molar-refractivity contribution in [3.05, 3.63) is 60.2 Å². The van der Waals surface area contributed by atoms with E-state index in [4.69, 9.17) is 4.74 Å². The number of rotatable bonds is 6. The third kappa shape index (κ3) is 4.24. The van der Waals surface area contributed by atoms with Crippen LogP contribution in [0.5, 0.6) is 5.75 Å². The Morgan fingerprint density at radius 1 is 1.12 bits per heavy atom. The first kappa shape index (κ1) is 20.0. The van der Waals surface area contributed by atoms with Crippen LogP contribution in [0.25, 0.3) is 5.69 Å². The molecule has 0 amide bonds. The Balaban J connectivity index is 1.17. The molecule has 1 aromatic carbocycles. The van der Waals surface area contributed by atoms with Crippen molar-refractivity contribution in [2.24, 2.45) is 0 Å². The van der Waals surface area contributed by atoms with Gasteiger partial charge in [0.1, 0.15) is 18.6 Å². The number of benzene rings is 1. The van der Waals surface area contributed by atoms with E-state index in [0.717, 1.165) is 37.4 Å². The topological polar surface area (TPSA) is 113 Å². The van der Waals surface area contributed by atoms with E-state index in [0.29, 0.717) is 11.4 Å². The van der Waals surface area contributed by atoms with Crippen molar-refractivity contribution in [1.82, 2.24) is 45.2 Å². The second-order valence-corrected chi connectivity index (χ2v) is 7.59. The lowest BCUT2D eigenvalue weighted by Crippen LogP contribution is -2.36. The molecule has 0 unspecified atom stereocenters. The molecule has 1 fully saturated rings. The van der Waals surface area contributed by atoms with Gasteiger partial charge in [-0.05, 0) is 47.9 Å². The smallest absolute Gasteiger partial charge is 0.225 e. The number of tetrazole rings is 1. The van der Waals surface area contributed by atoms with Gasteiger partial charge in [-0.25, -0.2) is 19.0 Å². The molecule has 164 valence electrons. The predicted octanol–water partition coefficient (Wildman–Crippen LogP) is 1.91. The minimum Gasteiger partial charge on any atom is -0.484 e. The SMILES string of the molecule is Cc1cnc(N2CCC(n3ncc(COc4ccc(-n5cnnn5)cc4F)n3)CC2)nc1. The van der Waals surface area contributed by atoms with Crippen molar-refractivity contribution in [1.29, 1.82) is 0 Å². The molecular weight excluding hydrogens is 415 g/mol. The Hall–Kier alpha value is -3.96. The molecule has 12 heteroatoms. The number of ether oxygens (including phenoxy) is 1. The van der Waals surface area contributed by atoms with Crippen LogP contribution in [0.1, 0.15) is 30.1 Å². The summed E-state index contributed by atoms with van der Waals surface area (Å²) in [4.78, 5) is 12.7. The maximum atomic E-state index is 14.4. The molecule has 11 nitrogen and oxygen atoms in total. The molecule has 32 heavy (non-hydrogen) atoms. The minimum atomic E-state index is -0.504. The van der Waals surface area contributed by atoms with Crippen LogP contribution in [0, 0.1) is 12.7 Å². The lowest BCUT2D eigenvalue weighted by molar-refractivity contribution is 0.279. The first-order valence-electron chi connectivity index (χ1n) is 10.3. The van der Waals surface area contributed by atoms with Gasteiger partial charge in [0.2, 0.25) is 5.95 Å². The lowest BCUT2D eigenvalue weighted by Gasteiger charge is -2.31. The zero-order valence-electron chi connectivity index (χ0n) is 17.4. The first-order valence-corrected chi connectivity index (χ1v) is 10.3. The molecule has 5 rings (SSSR count). The Kier molecular flexibility index (Phi) is 5.40. The third-order valence-electron chi connectivity index (χ3n) is 5.30. The van der Waals surface area contributed by atoms with Crippen molar-refractivity contribution < 1.29 is 9.13 Å². The second-order valence-electron chi connectivity index (χ2n) is 7.59. The Bertz CT molecular complexity index is 1170. The number of aromatic nitrogens is 9. The molecule has 0 bridgehead atoms. The van der Waals surface area contributed by atoms with Crippen LogP contribution in [-0.4, -0.2) is 58.3 Å². The van der Waals surface area contributed by atoms with Crippen LogP contribution < -0.4 is 9.64 Å². The van der Waals surface area contributed by atoms with Crippen LogP contribution in [-0.2, 0) is 6.61 Å². The number of piperidine rings is 1. The van der Waals surface area contributed by atoms with E-state index in [1.807, 2.05) is 19.3 Å². The van der Waals surface area contributed by atoms with Gasteiger partial charge in [-0.2, -0.15) is 15.0 Å². The van der Waals surface area contributed by atoms with Gasteiger partial charge in [-0.3, -0.25) is 0 Å². The molecule has 0 radical (unpaired) electrons. The molecule has 0 spiro atoms. The van der Waals surface area contributed by atoms with E-state index < -0.39 is 5.82 Å². The highest BCUT2D eigenvalue weighted by molar-refractivity contribution is 5.37. The third-order valence-corrected chi connectivity index (χ3v) is 5.30. The summed E-state index contributed by atoms with van der Waals surface area (Å²) in [5, 5.41) is 19.7. The van der Waals surface area contributed by atoms with Gasteiger partial charge in [0.25, 0.3) is 0 Å². The molecule has 1 aliphatic rings. The molecule has 1 saturated heterocycles. The molecule has 3 aromatic heterocycles. The molecule has 1 aliphatic heterocycles. The van der Waals surface area contributed by atoms with E-state index in [2.05, 4.69) is 40.6 Å². The Morgan fingerprint density at radius 3 is 2.66 bits per heavy atom. The number of nitrogens with zero attached hydrogens (tertiary/aromatic N) is 10. The molecule has 4 aromatic rings. The minimum absolute atomic E-state index is 0.122. The summed E-state index contributed by atoms with van der Waals surface area (Å²) in [6.45, 7) is 3.76. The van der Waals surface area contributed by atoms with Crippen molar-refractivity contribution in [2.45, 2.75) is 32.4 Å². The molecule has 4 heterocycles. The zero-order chi connectivity index (χ0) is 21.9. The van der Waals surface area contributed by atoms with Crippen LogP contribution >= 0.6 is 0 Å².